The maximum absolute atomic E-state index is 13.6. The Kier molecular flexibility index (Phi) is 4.26. The zero-order valence-corrected chi connectivity index (χ0v) is 17.7. The van der Waals surface area contributed by atoms with Crippen molar-refractivity contribution in [1.29, 1.82) is 0 Å². The average molecular weight is 455 g/mol. The topological polar surface area (TPSA) is 132 Å². The van der Waals surface area contributed by atoms with Gasteiger partial charge in [0.05, 0.1) is 11.1 Å². The molecule has 9 nitrogen and oxygen atoms in total. The van der Waals surface area contributed by atoms with Gasteiger partial charge in [-0.1, -0.05) is 0 Å². The minimum atomic E-state index is -2.87. The van der Waals surface area contributed by atoms with E-state index in [1.54, 1.807) is 44.2 Å². The van der Waals surface area contributed by atoms with Gasteiger partial charge in [0.1, 0.15) is 11.5 Å². The van der Waals surface area contributed by atoms with Crippen LogP contribution in [0.5, 0.6) is 11.5 Å². The van der Waals surface area contributed by atoms with Crippen molar-refractivity contribution < 1.29 is 18.3 Å². The first-order chi connectivity index (χ1) is 15.5. The summed E-state index contributed by atoms with van der Waals surface area (Å²) < 4.78 is 34.3. The number of nitrogens with two attached hydrogens (primary N) is 1. The van der Waals surface area contributed by atoms with Crippen LogP contribution in [-0.4, -0.2) is 26.6 Å². The van der Waals surface area contributed by atoms with Gasteiger partial charge < -0.3 is 15.8 Å². The Morgan fingerprint density at radius 2 is 1.76 bits per heavy atom. The first-order valence-corrected chi connectivity index (χ1v) is 10.1. The van der Waals surface area contributed by atoms with Crippen LogP contribution in [0.3, 0.4) is 0 Å². The van der Waals surface area contributed by atoms with Gasteiger partial charge in [0.25, 0.3) is 11.5 Å². The largest absolute Gasteiger partial charge is 0.457 e. The molecular weight excluding hydrogens is 436 g/mol. The lowest BCUT2D eigenvalue weighted by atomic mass is 9.62. The molecule has 11 heteroatoms. The first kappa shape index (κ1) is 20.9. The quantitative estimate of drug-likeness (QED) is 0.556. The van der Waals surface area contributed by atoms with E-state index in [2.05, 4.69) is 15.4 Å². The Morgan fingerprint density at radius 3 is 2.39 bits per heavy atom. The normalized spacial score (nSPS) is 17.4. The number of H-pyrrole nitrogens is 1. The van der Waals surface area contributed by atoms with Crippen molar-refractivity contribution in [3.63, 3.8) is 0 Å². The second-order valence-corrected chi connectivity index (χ2v) is 8.52. The number of rotatable bonds is 3. The maximum Gasteiger partial charge on any atom is 0.349 e. The number of nitrogen functional groups attached to an aromatic ring is 1. The summed E-state index contributed by atoms with van der Waals surface area (Å²) in [6.07, 6.45) is -1.06. The molecule has 3 aromatic rings. The highest BCUT2D eigenvalue weighted by molar-refractivity contribution is 6.07. The predicted molar refractivity (Wildman–Crippen MR) is 115 cm³/mol. The van der Waals surface area contributed by atoms with E-state index in [1.165, 1.54) is 0 Å². The number of alkyl halides is 2. The summed E-state index contributed by atoms with van der Waals surface area (Å²) in [5, 5.41) is 6.50. The number of aromatic nitrogens is 3. The van der Waals surface area contributed by atoms with Gasteiger partial charge in [-0.05, 0) is 60.9 Å². The summed E-state index contributed by atoms with van der Waals surface area (Å²) in [6.45, 7) is 3.52. The number of aryl methyl sites for hydroxylation is 2. The number of aromatic amines is 1. The second-order valence-electron chi connectivity index (χ2n) is 8.52. The van der Waals surface area contributed by atoms with Crippen LogP contribution in [0.2, 0.25) is 0 Å². The maximum atomic E-state index is 13.6. The lowest BCUT2D eigenvalue weighted by molar-refractivity contribution is -0.152. The van der Waals surface area contributed by atoms with Crippen molar-refractivity contribution in [1.82, 2.24) is 14.8 Å². The highest BCUT2D eigenvalue weighted by atomic mass is 19.3. The van der Waals surface area contributed by atoms with Gasteiger partial charge in [-0.15, -0.1) is 5.10 Å². The SMILES string of the molecule is Cc1cc(-n2nc(N)c(=O)[nH]c2=O)cc(C)c1Oc1ccc2c(c1)C1(CC(F)(F)C1)C(=O)N2. The Hall–Kier alpha value is -4.02. The van der Waals surface area contributed by atoms with Gasteiger partial charge >= 0.3 is 5.69 Å². The predicted octanol–water partition coefficient (Wildman–Crippen LogP) is 2.53. The summed E-state index contributed by atoms with van der Waals surface area (Å²) in [7, 11) is 0. The number of carbonyl (C=O) groups excluding carboxylic acids is 1. The van der Waals surface area contributed by atoms with Crippen molar-refractivity contribution >= 4 is 17.4 Å². The first-order valence-electron chi connectivity index (χ1n) is 10.1. The van der Waals surface area contributed by atoms with Gasteiger partial charge in [-0.25, -0.2) is 13.6 Å². The van der Waals surface area contributed by atoms with Crippen LogP contribution in [0.15, 0.2) is 39.9 Å². The molecule has 1 fully saturated rings. The summed E-state index contributed by atoms with van der Waals surface area (Å²) in [5.74, 6) is -2.75. The third-order valence-electron chi connectivity index (χ3n) is 6.07. The van der Waals surface area contributed by atoms with E-state index in [9.17, 15) is 23.2 Å². The zero-order chi connectivity index (χ0) is 23.7. The van der Waals surface area contributed by atoms with Gasteiger partial charge in [-0.2, -0.15) is 4.68 Å². The molecule has 2 aliphatic rings. The number of anilines is 2. The number of amides is 1. The van der Waals surface area contributed by atoms with Crippen molar-refractivity contribution in [3.8, 4) is 17.2 Å². The molecule has 0 unspecified atom stereocenters. The molecule has 4 N–H and O–H groups in total. The molecule has 2 aromatic carbocycles. The number of hydrogen-bond acceptors (Lipinski definition) is 6. The molecule has 0 saturated heterocycles. The van der Waals surface area contributed by atoms with Gasteiger partial charge in [0.2, 0.25) is 11.7 Å². The fourth-order valence-corrected chi connectivity index (χ4v) is 4.55. The van der Waals surface area contributed by atoms with Crippen LogP contribution in [-0.2, 0) is 10.2 Å². The molecular formula is C22H19F2N5O4. The molecule has 1 spiro atoms. The Balaban J connectivity index is 1.49. The fourth-order valence-electron chi connectivity index (χ4n) is 4.55. The number of nitrogens with zero attached hydrogens (tertiary/aromatic N) is 2. The summed E-state index contributed by atoms with van der Waals surface area (Å²) in [5.41, 5.74) is 5.49. The van der Waals surface area contributed by atoms with Crippen molar-refractivity contribution in [2.24, 2.45) is 0 Å². The van der Waals surface area contributed by atoms with E-state index in [4.69, 9.17) is 10.5 Å². The van der Waals surface area contributed by atoms with E-state index in [-0.39, 0.29) is 5.82 Å². The Labute approximate surface area is 185 Å². The summed E-state index contributed by atoms with van der Waals surface area (Å²) in [6, 6.07) is 8.18. The highest BCUT2D eigenvalue weighted by Gasteiger charge is 2.64. The molecule has 0 atom stereocenters. The van der Waals surface area contributed by atoms with Crippen molar-refractivity contribution in [3.05, 3.63) is 67.9 Å². The van der Waals surface area contributed by atoms with E-state index in [0.29, 0.717) is 39.6 Å². The second kappa shape index (κ2) is 6.74. The Bertz CT molecular complexity index is 1430. The highest BCUT2D eigenvalue weighted by Crippen LogP contribution is 2.58. The van der Waals surface area contributed by atoms with Crippen molar-refractivity contribution in [2.45, 2.75) is 38.0 Å². The lowest BCUT2D eigenvalue weighted by Gasteiger charge is -2.43. The van der Waals surface area contributed by atoms with Crippen LogP contribution in [0.25, 0.3) is 5.69 Å². The third-order valence-corrected chi connectivity index (χ3v) is 6.07. The molecule has 2 heterocycles. The van der Waals surface area contributed by atoms with Crippen molar-refractivity contribution in [2.75, 3.05) is 11.1 Å². The van der Waals surface area contributed by atoms with Gasteiger partial charge in [-0.3, -0.25) is 14.6 Å². The average Bonchev–Trinajstić information content (AvgIpc) is 2.98. The number of carbonyl (C=O) groups is 1. The molecule has 1 aromatic heterocycles. The number of ether oxygens (including phenoxy) is 1. The lowest BCUT2D eigenvalue weighted by Crippen LogP contribution is -2.53. The minimum absolute atomic E-state index is 0.345. The standard InChI is InChI=1S/C22H19F2N5O4/c1-10-5-12(29-20(32)27-18(30)17(25)28-29)6-11(2)16(10)33-13-3-4-15-14(7-13)21(19(31)26-15)8-22(23,24)9-21/h3-7H,8-9H2,1-2H3,(H2,25,28)(H,26,31)(H,27,30,32). The van der Waals surface area contributed by atoms with E-state index in [1.807, 2.05) is 0 Å². The molecule has 1 aliphatic carbocycles. The molecule has 33 heavy (non-hydrogen) atoms. The number of nitrogens with one attached hydrogen (secondary N) is 2. The molecule has 1 saturated carbocycles. The van der Waals surface area contributed by atoms with Crippen LogP contribution in [0, 0.1) is 13.8 Å². The van der Waals surface area contributed by atoms with E-state index in [0.717, 1.165) is 4.68 Å². The van der Waals surface area contributed by atoms with Crippen LogP contribution in [0.1, 0.15) is 29.5 Å². The minimum Gasteiger partial charge on any atom is -0.457 e. The third kappa shape index (κ3) is 3.19. The van der Waals surface area contributed by atoms with Crippen LogP contribution in [0.4, 0.5) is 20.3 Å². The molecule has 170 valence electrons. The smallest absolute Gasteiger partial charge is 0.349 e. The van der Waals surface area contributed by atoms with Crippen LogP contribution < -0.4 is 27.0 Å². The summed E-state index contributed by atoms with van der Waals surface area (Å²) >= 11 is 0. The summed E-state index contributed by atoms with van der Waals surface area (Å²) in [4.78, 5) is 38.1. The number of halogens is 2. The van der Waals surface area contributed by atoms with Gasteiger partial charge in [0, 0.05) is 18.5 Å². The number of hydrogen-bond donors (Lipinski definition) is 3. The van der Waals surface area contributed by atoms with E-state index < -0.39 is 41.3 Å². The fraction of sp³-hybridized carbons (Fsp3) is 0.273. The molecule has 5 rings (SSSR count). The van der Waals surface area contributed by atoms with Crippen LogP contribution >= 0.6 is 0 Å². The number of fused-ring (bicyclic) bond motifs is 2. The molecule has 1 amide bonds. The number of benzene rings is 2. The monoisotopic (exact) mass is 455 g/mol. The molecule has 0 bridgehead atoms. The Morgan fingerprint density at radius 1 is 1.09 bits per heavy atom. The molecule has 1 aliphatic heterocycles. The van der Waals surface area contributed by atoms with E-state index >= 15 is 0 Å². The van der Waals surface area contributed by atoms with Gasteiger partial charge in [0.15, 0.2) is 0 Å². The zero-order valence-electron chi connectivity index (χ0n) is 17.7. The molecule has 0 radical (unpaired) electrons.